The first kappa shape index (κ1) is 14.1. The van der Waals surface area contributed by atoms with Crippen LogP contribution >= 0.6 is 0 Å². The average molecular weight is 308 g/mol. The first-order valence-corrected chi connectivity index (χ1v) is 8.03. The largest absolute Gasteiger partial charge is 0.355 e. The van der Waals surface area contributed by atoms with E-state index in [9.17, 15) is 0 Å². The summed E-state index contributed by atoms with van der Waals surface area (Å²) in [5.41, 5.74) is 9.36. The molecule has 0 radical (unpaired) electrons. The number of nitrogens with zero attached hydrogens (tertiary/aromatic N) is 5. The highest BCUT2D eigenvalue weighted by Crippen LogP contribution is 2.32. The fraction of sp³-hybridized carbons (Fsp3) is 0.353. The normalized spacial score (nSPS) is 16.1. The van der Waals surface area contributed by atoms with E-state index in [-0.39, 0.29) is 0 Å². The van der Waals surface area contributed by atoms with Crippen LogP contribution in [0.4, 0.5) is 5.82 Å². The molecule has 1 aliphatic heterocycles. The monoisotopic (exact) mass is 308 g/mol. The topological polar surface area (TPSA) is 72.3 Å². The van der Waals surface area contributed by atoms with E-state index >= 15 is 0 Å². The minimum atomic E-state index is 0.578. The van der Waals surface area contributed by atoms with Crippen LogP contribution in [-0.4, -0.2) is 32.7 Å². The number of piperidine rings is 1. The van der Waals surface area contributed by atoms with Gasteiger partial charge in [0.25, 0.3) is 0 Å². The molecule has 0 atom stereocenters. The number of hydrogen-bond acceptors (Lipinski definition) is 5. The van der Waals surface area contributed by atoms with Gasteiger partial charge in [0.1, 0.15) is 6.33 Å². The maximum absolute atomic E-state index is 5.89. The summed E-state index contributed by atoms with van der Waals surface area (Å²) in [6.45, 7) is 2.59. The molecule has 0 aliphatic carbocycles. The van der Waals surface area contributed by atoms with Crippen LogP contribution in [0.25, 0.3) is 5.65 Å². The lowest BCUT2D eigenvalue weighted by atomic mass is 9.86. The summed E-state index contributed by atoms with van der Waals surface area (Å²) in [4.78, 5) is 10.8. The third-order valence-electron chi connectivity index (χ3n) is 4.70. The Morgan fingerprint density at radius 2 is 1.96 bits per heavy atom. The summed E-state index contributed by atoms with van der Waals surface area (Å²) in [5.74, 6) is 1.60. The molecule has 0 bridgehead atoms. The van der Waals surface area contributed by atoms with Gasteiger partial charge in [0.05, 0.1) is 12.4 Å². The molecule has 0 spiro atoms. The second kappa shape index (κ2) is 5.96. The van der Waals surface area contributed by atoms with Gasteiger partial charge in [-0.2, -0.15) is 9.61 Å². The zero-order valence-electron chi connectivity index (χ0n) is 13.0. The van der Waals surface area contributed by atoms with Crippen LogP contribution in [0.1, 0.15) is 29.9 Å². The van der Waals surface area contributed by atoms with Crippen molar-refractivity contribution in [1.82, 2.24) is 19.6 Å². The maximum Gasteiger partial charge on any atom is 0.175 e. The predicted octanol–water partition coefficient (Wildman–Crippen LogP) is 1.97. The minimum Gasteiger partial charge on any atom is -0.355 e. The van der Waals surface area contributed by atoms with Gasteiger partial charge in [0, 0.05) is 19.6 Å². The van der Waals surface area contributed by atoms with E-state index in [1.807, 2.05) is 10.7 Å². The molecule has 23 heavy (non-hydrogen) atoms. The first-order valence-electron chi connectivity index (χ1n) is 8.03. The summed E-state index contributed by atoms with van der Waals surface area (Å²) in [7, 11) is 0. The van der Waals surface area contributed by atoms with Gasteiger partial charge < -0.3 is 10.6 Å². The van der Waals surface area contributed by atoms with E-state index in [1.54, 1.807) is 12.5 Å². The third-order valence-corrected chi connectivity index (χ3v) is 4.70. The van der Waals surface area contributed by atoms with Crippen molar-refractivity contribution in [1.29, 1.82) is 0 Å². The fourth-order valence-corrected chi connectivity index (χ4v) is 3.49. The number of benzene rings is 1. The van der Waals surface area contributed by atoms with Crippen molar-refractivity contribution in [3.05, 3.63) is 54.1 Å². The van der Waals surface area contributed by atoms with E-state index in [0.717, 1.165) is 37.4 Å². The molecule has 118 valence electrons. The molecule has 1 fully saturated rings. The molecular formula is C17H20N6. The average Bonchev–Trinajstić information content (AvgIpc) is 3.10. The summed E-state index contributed by atoms with van der Waals surface area (Å²) in [5, 5.41) is 4.31. The molecule has 6 heteroatoms. The van der Waals surface area contributed by atoms with Crippen molar-refractivity contribution in [2.24, 2.45) is 5.73 Å². The van der Waals surface area contributed by atoms with Crippen molar-refractivity contribution in [3.63, 3.8) is 0 Å². The molecule has 3 aromatic rings. The number of hydrogen-bond donors (Lipinski definition) is 1. The molecule has 0 amide bonds. The Labute approximate surface area is 135 Å². The minimum absolute atomic E-state index is 0.578. The summed E-state index contributed by atoms with van der Waals surface area (Å²) >= 11 is 0. The smallest absolute Gasteiger partial charge is 0.175 e. The molecule has 1 saturated heterocycles. The Balaban J connectivity index is 1.54. The van der Waals surface area contributed by atoms with Crippen LogP contribution in [0.3, 0.4) is 0 Å². The quantitative estimate of drug-likeness (QED) is 0.801. The lowest BCUT2D eigenvalue weighted by Crippen LogP contribution is -2.34. The fourth-order valence-electron chi connectivity index (χ4n) is 3.49. The zero-order valence-corrected chi connectivity index (χ0v) is 13.0. The SMILES string of the molecule is NCc1ccccc1C1CCN(c2cncc3ncnn23)CC1. The number of anilines is 1. The van der Waals surface area contributed by atoms with Crippen LogP contribution < -0.4 is 10.6 Å². The highest BCUT2D eigenvalue weighted by Gasteiger charge is 2.23. The summed E-state index contributed by atoms with van der Waals surface area (Å²) in [6.07, 6.45) is 7.41. The van der Waals surface area contributed by atoms with E-state index < -0.39 is 0 Å². The van der Waals surface area contributed by atoms with Gasteiger partial charge in [-0.05, 0) is 29.9 Å². The highest BCUT2D eigenvalue weighted by atomic mass is 15.4. The van der Waals surface area contributed by atoms with Gasteiger partial charge in [-0.15, -0.1) is 0 Å². The lowest BCUT2D eigenvalue weighted by Gasteiger charge is -2.34. The number of rotatable bonds is 3. The lowest BCUT2D eigenvalue weighted by molar-refractivity contribution is 0.497. The Morgan fingerprint density at radius 1 is 1.13 bits per heavy atom. The third kappa shape index (κ3) is 2.55. The maximum atomic E-state index is 5.89. The van der Waals surface area contributed by atoms with Crippen LogP contribution in [0.5, 0.6) is 0 Å². The van der Waals surface area contributed by atoms with Gasteiger partial charge in [-0.25, -0.2) is 4.98 Å². The van der Waals surface area contributed by atoms with Gasteiger partial charge in [0.15, 0.2) is 11.5 Å². The van der Waals surface area contributed by atoms with Gasteiger partial charge in [-0.1, -0.05) is 24.3 Å². The van der Waals surface area contributed by atoms with Crippen molar-refractivity contribution in [3.8, 4) is 0 Å². The molecule has 2 aromatic heterocycles. The van der Waals surface area contributed by atoms with Crippen LogP contribution in [0.15, 0.2) is 43.0 Å². The van der Waals surface area contributed by atoms with E-state index in [2.05, 4.69) is 44.2 Å². The molecular weight excluding hydrogens is 288 g/mol. The standard InChI is InChI=1S/C17H20N6/c18-9-14-3-1-2-4-15(14)13-5-7-22(8-6-13)17-11-19-10-16-20-12-21-23(16)17/h1-4,10-13H,5-9,18H2. The Kier molecular flexibility index (Phi) is 3.67. The van der Waals surface area contributed by atoms with Crippen molar-refractivity contribution < 1.29 is 0 Å². The number of aromatic nitrogens is 4. The molecule has 2 N–H and O–H groups in total. The van der Waals surface area contributed by atoms with Gasteiger partial charge >= 0.3 is 0 Å². The van der Waals surface area contributed by atoms with Gasteiger partial charge in [-0.3, -0.25) is 4.98 Å². The van der Waals surface area contributed by atoms with Crippen LogP contribution in [0.2, 0.25) is 0 Å². The van der Waals surface area contributed by atoms with Crippen LogP contribution in [0, 0.1) is 0 Å². The highest BCUT2D eigenvalue weighted by molar-refractivity contribution is 5.47. The van der Waals surface area contributed by atoms with Crippen LogP contribution in [-0.2, 0) is 6.54 Å². The molecule has 6 nitrogen and oxygen atoms in total. The molecule has 0 unspecified atom stereocenters. The second-order valence-corrected chi connectivity index (χ2v) is 5.96. The Hall–Kier alpha value is -2.47. The predicted molar refractivity (Wildman–Crippen MR) is 89.3 cm³/mol. The summed E-state index contributed by atoms with van der Waals surface area (Å²) in [6, 6.07) is 8.54. The Bertz CT molecular complexity index is 803. The van der Waals surface area contributed by atoms with Crippen molar-refractivity contribution in [2.45, 2.75) is 25.3 Å². The van der Waals surface area contributed by atoms with E-state index in [1.165, 1.54) is 11.1 Å². The second-order valence-electron chi connectivity index (χ2n) is 5.96. The Morgan fingerprint density at radius 3 is 2.78 bits per heavy atom. The first-order chi connectivity index (χ1) is 11.4. The summed E-state index contributed by atoms with van der Waals surface area (Å²) < 4.78 is 1.86. The number of fused-ring (bicyclic) bond motifs is 1. The molecule has 0 saturated carbocycles. The van der Waals surface area contributed by atoms with Crippen molar-refractivity contribution in [2.75, 3.05) is 18.0 Å². The van der Waals surface area contributed by atoms with Gasteiger partial charge in [0.2, 0.25) is 0 Å². The molecule has 4 rings (SSSR count). The zero-order chi connectivity index (χ0) is 15.6. The van der Waals surface area contributed by atoms with Crippen molar-refractivity contribution >= 4 is 11.5 Å². The van der Waals surface area contributed by atoms with E-state index in [4.69, 9.17) is 5.73 Å². The molecule has 1 aromatic carbocycles. The number of nitrogens with two attached hydrogens (primary N) is 1. The molecule has 1 aliphatic rings. The van der Waals surface area contributed by atoms with E-state index in [0.29, 0.717) is 12.5 Å². The molecule has 3 heterocycles.